The van der Waals surface area contributed by atoms with Crippen LogP contribution in [0.2, 0.25) is 0 Å². The van der Waals surface area contributed by atoms with Crippen LogP contribution in [0.1, 0.15) is 29.2 Å². The lowest BCUT2D eigenvalue weighted by Gasteiger charge is -2.05. The van der Waals surface area contributed by atoms with E-state index in [4.69, 9.17) is 9.15 Å². The third-order valence-electron chi connectivity index (χ3n) is 3.71. The van der Waals surface area contributed by atoms with Crippen molar-refractivity contribution >= 4 is 21.4 Å². The van der Waals surface area contributed by atoms with Gasteiger partial charge in [-0.3, -0.25) is 0 Å². The van der Waals surface area contributed by atoms with Gasteiger partial charge in [0, 0.05) is 11.5 Å². The molecule has 1 saturated heterocycles. The quantitative estimate of drug-likeness (QED) is 0.772. The summed E-state index contributed by atoms with van der Waals surface area (Å²) >= 11 is 0. The van der Waals surface area contributed by atoms with E-state index in [0.717, 1.165) is 12.8 Å². The van der Waals surface area contributed by atoms with Crippen LogP contribution in [0.5, 0.6) is 5.75 Å². The van der Waals surface area contributed by atoms with E-state index in [-0.39, 0.29) is 12.4 Å². The molecule has 0 bridgehead atoms. The lowest BCUT2D eigenvalue weighted by molar-refractivity contribution is 0.0561. The minimum absolute atomic E-state index is 0.144. The zero-order valence-electron chi connectivity index (χ0n) is 13.4. The minimum atomic E-state index is -2.06. The number of methoxy groups -OCH3 is 1. The summed E-state index contributed by atoms with van der Waals surface area (Å²) in [4.78, 5) is 11.3. The van der Waals surface area contributed by atoms with Gasteiger partial charge in [-0.15, -0.1) is 0 Å². The molecule has 24 heavy (non-hydrogen) atoms. The molecule has 1 fully saturated rings. The molecule has 0 amide bonds. The van der Waals surface area contributed by atoms with E-state index in [1.165, 1.54) is 7.11 Å². The van der Waals surface area contributed by atoms with Crippen molar-refractivity contribution in [1.82, 2.24) is 0 Å². The predicted octanol–water partition coefficient (Wildman–Crippen LogP) is 3.54. The predicted molar refractivity (Wildman–Crippen MR) is 90.0 cm³/mol. The second kappa shape index (κ2) is 7.09. The molecule has 0 spiro atoms. The molecule has 0 atom stereocenters. The molecule has 7 heteroatoms. The zero-order chi connectivity index (χ0) is 17.0. The highest BCUT2D eigenvalue weighted by molar-refractivity contribution is 7.93. The van der Waals surface area contributed by atoms with Crippen LogP contribution in [0.15, 0.2) is 45.2 Å². The largest absolute Gasteiger partial charge is 0.486 e. The van der Waals surface area contributed by atoms with Gasteiger partial charge in [0.1, 0.15) is 18.1 Å². The van der Waals surface area contributed by atoms with Crippen LogP contribution < -0.4 is 4.74 Å². The first-order valence-corrected chi connectivity index (χ1v) is 9.56. The molecular formula is C17H19NO5S. The first-order chi connectivity index (χ1) is 11.6. The van der Waals surface area contributed by atoms with Crippen molar-refractivity contribution in [3.05, 3.63) is 47.9 Å². The van der Waals surface area contributed by atoms with Gasteiger partial charge in [0.25, 0.3) is 0 Å². The molecule has 0 aliphatic carbocycles. The van der Waals surface area contributed by atoms with Crippen LogP contribution in [-0.4, -0.2) is 28.8 Å². The van der Waals surface area contributed by atoms with Gasteiger partial charge < -0.3 is 13.9 Å². The molecule has 1 aliphatic rings. The van der Waals surface area contributed by atoms with Gasteiger partial charge in [0.2, 0.25) is 5.76 Å². The molecule has 0 radical (unpaired) electrons. The third-order valence-corrected chi connectivity index (χ3v) is 6.11. The number of nitrogens with zero attached hydrogens (tertiary/aromatic N) is 1. The molecular weight excluding hydrogens is 330 g/mol. The van der Waals surface area contributed by atoms with Crippen molar-refractivity contribution in [3.8, 4) is 5.75 Å². The van der Waals surface area contributed by atoms with Crippen molar-refractivity contribution in [3.63, 3.8) is 0 Å². The Bertz CT molecular complexity index is 819. The fourth-order valence-electron chi connectivity index (χ4n) is 2.46. The monoisotopic (exact) mass is 349 g/mol. The number of ether oxygens (including phenoxy) is 2. The Balaban J connectivity index is 1.61. The molecule has 0 saturated carbocycles. The number of carbonyl (C=O) groups is 1. The summed E-state index contributed by atoms with van der Waals surface area (Å²) in [6.45, 7) is 0.199. The number of carbonyl (C=O) groups excluding carboxylic acids is 1. The van der Waals surface area contributed by atoms with E-state index in [1.807, 2.05) is 0 Å². The van der Waals surface area contributed by atoms with E-state index < -0.39 is 15.7 Å². The summed E-state index contributed by atoms with van der Waals surface area (Å²) in [5.74, 6) is 2.17. The van der Waals surface area contributed by atoms with Crippen LogP contribution in [0, 0.1) is 0 Å². The van der Waals surface area contributed by atoms with Crippen LogP contribution in [0.3, 0.4) is 0 Å². The van der Waals surface area contributed by atoms with Crippen molar-refractivity contribution in [2.24, 2.45) is 4.36 Å². The van der Waals surface area contributed by atoms with E-state index >= 15 is 0 Å². The zero-order valence-corrected chi connectivity index (χ0v) is 14.2. The summed E-state index contributed by atoms with van der Waals surface area (Å²) < 4.78 is 32.3. The van der Waals surface area contributed by atoms with Gasteiger partial charge in [-0.25, -0.2) is 9.00 Å². The van der Waals surface area contributed by atoms with Crippen molar-refractivity contribution < 1.29 is 22.9 Å². The third kappa shape index (κ3) is 3.97. The lowest BCUT2D eigenvalue weighted by atomic mass is 10.3. The topological polar surface area (TPSA) is 78.1 Å². The second-order valence-corrected chi connectivity index (χ2v) is 8.06. The normalized spacial score (nSPS) is 15.9. The summed E-state index contributed by atoms with van der Waals surface area (Å²) in [5, 5.41) is 0. The molecule has 1 aromatic carbocycles. The highest BCUT2D eigenvalue weighted by Crippen LogP contribution is 2.24. The molecule has 3 rings (SSSR count). The first kappa shape index (κ1) is 16.6. The maximum atomic E-state index is 12.4. The highest BCUT2D eigenvalue weighted by Gasteiger charge is 2.16. The highest BCUT2D eigenvalue weighted by atomic mass is 32.2. The average molecular weight is 349 g/mol. The van der Waals surface area contributed by atoms with Gasteiger partial charge in [-0.05, 0) is 49.2 Å². The van der Waals surface area contributed by atoms with Crippen molar-refractivity contribution in [2.45, 2.75) is 19.4 Å². The summed E-state index contributed by atoms with van der Waals surface area (Å²) in [6.07, 6.45) is 1.97. The SMILES string of the molecule is COC(=O)c1ccc(COc2ccc(N=S3(=O)CCCC3)cc2)o1. The fraction of sp³-hybridized carbons (Fsp3) is 0.353. The Morgan fingerprint density at radius 1 is 1.17 bits per heavy atom. The molecule has 1 aliphatic heterocycles. The second-order valence-electron chi connectivity index (χ2n) is 5.52. The molecule has 1 aromatic heterocycles. The van der Waals surface area contributed by atoms with Crippen molar-refractivity contribution in [1.29, 1.82) is 0 Å². The maximum Gasteiger partial charge on any atom is 0.373 e. The summed E-state index contributed by atoms with van der Waals surface area (Å²) in [6, 6.07) is 10.4. The molecule has 0 N–H and O–H groups in total. The van der Waals surface area contributed by atoms with Gasteiger partial charge in [-0.2, -0.15) is 4.36 Å². The Labute approximate surface area is 140 Å². The van der Waals surface area contributed by atoms with Crippen LogP contribution in [0.4, 0.5) is 5.69 Å². The lowest BCUT2D eigenvalue weighted by Crippen LogP contribution is -1.99. The van der Waals surface area contributed by atoms with E-state index in [2.05, 4.69) is 9.10 Å². The standard InChI is InChI=1S/C17H19NO5S/c1-21-17(19)16-9-8-15(23-16)12-22-14-6-4-13(5-7-14)18-24(20)10-2-3-11-24/h4-9H,2-3,10-12H2,1H3. The Morgan fingerprint density at radius 2 is 1.88 bits per heavy atom. The molecule has 0 unspecified atom stereocenters. The summed E-state index contributed by atoms with van der Waals surface area (Å²) in [5.41, 5.74) is 0.709. The first-order valence-electron chi connectivity index (χ1n) is 7.70. The van der Waals surface area contributed by atoms with Gasteiger partial charge >= 0.3 is 5.97 Å². The van der Waals surface area contributed by atoms with Crippen molar-refractivity contribution in [2.75, 3.05) is 18.6 Å². The number of furan rings is 1. The fourth-order valence-corrected chi connectivity index (χ4v) is 4.67. The Morgan fingerprint density at radius 3 is 2.54 bits per heavy atom. The Hall–Kier alpha value is -2.28. The number of esters is 1. The molecule has 128 valence electrons. The number of hydrogen-bond donors (Lipinski definition) is 0. The molecule has 2 aromatic rings. The molecule has 6 nitrogen and oxygen atoms in total. The summed E-state index contributed by atoms with van der Waals surface area (Å²) in [7, 11) is -0.759. The smallest absolute Gasteiger partial charge is 0.373 e. The maximum absolute atomic E-state index is 12.4. The number of benzene rings is 1. The van der Waals surface area contributed by atoms with Crippen LogP contribution in [0.25, 0.3) is 0 Å². The average Bonchev–Trinajstić information content (AvgIpc) is 3.23. The van der Waals surface area contributed by atoms with E-state index in [1.54, 1.807) is 36.4 Å². The van der Waals surface area contributed by atoms with Gasteiger partial charge in [-0.1, -0.05) is 0 Å². The number of hydrogen-bond acceptors (Lipinski definition) is 6. The van der Waals surface area contributed by atoms with E-state index in [0.29, 0.717) is 28.7 Å². The minimum Gasteiger partial charge on any atom is -0.486 e. The number of rotatable bonds is 5. The molecule has 2 heterocycles. The van der Waals surface area contributed by atoms with Crippen LogP contribution >= 0.6 is 0 Å². The van der Waals surface area contributed by atoms with E-state index in [9.17, 15) is 9.00 Å². The van der Waals surface area contributed by atoms with Crippen LogP contribution in [-0.2, 0) is 21.1 Å². The van der Waals surface area contributed by atoms with Gasteiger partial charge in [0.05, 0.1) is 22.5 Å². The Kier molecular flexibility index (Phi) is 4.89. The van der Waals surface area contributed by atoms with Gasteiger partial charge in [0.15, 0.2) is 0 Å².